The average Bonchev–Trinajstić information content (AvgIpc) is 2.93. The number of hydrogen-bond donors (Lipinski definition) is 1. The van der Waals surface area contributed by atoms with Gasteiger partial charge >= 0.3 is 0 Å². The summed E-state index contributed by atoms with van der Waals surface area (Å²) in [5.74, 6) is -0.160. The Kier molecular flexibility index (Phi) is 11.5. The Hall–Kier alpha value is -3.27. The molecule has 0 heterocycles. The fourth-order valence-corrected chi connectivity index (χ4v) is 5.51. The summed E-state index contributed by atoms with van der Waals surface area (Å²) in [6.07, 6.45) is 1.21. The van der Waals surface area contributed by atoms with Crippen LogP contribution in [0.4, 0.5) is 5.69 Å². The second-order valence-electron chi connectivity index (χ2n) is 10.1. The zero-order valence-corrected chi connectivity index (χ0v) is 25.8. The number of amides is 2. The van der Waals surface area contributed by atoms with Crippen molar-refractivity contribution in [3.63, 3.8) is 0 Å². The third-order valence-electron chi connectivity index (χ3n) is 6.30. The summed E-state index contributed by atoms with van der Waals surface area (Å²) in [5.41, 5.74) is 1.62. The van der Waals surface area contributed by atoms with Gasteiger partial charge in [-0.1, -0.05) is 79.5 Å². The number of ether oxygens (including phenoxy) is 1. The molecule has 0 aliphatic rings. The van der Waals surface area contributed by atoms with Crippen molar-refractivity contribution in [2.45, 2.75) is 32.9 Å². The van der Waals surface area contributed by atoms with Gasteiger partial charge in [0.1, 0.15) is 18.3 Å². The van der Waals surface area contributed by atoms with E-state index < -0.39 is 28.5 Å². The monoisotopic (exact) mass is 619 g/mol. The van der Waals surface area contributed by atoms with Crippen LogP contribution < -0.4 is 14.4 Å². The topological polar surface area (TPSA) is 96.0 Å². The zero-order chi connectivity index (χ0) is 30.2. The Morgan fingerprint density at radius 1 is 0.951 bits per heavy atom. The maximum absolute atomic E-state index is 14.1. The number of rotatable bonds is 13. The highest BCUT2D eigenvalue weighted by Gasteiger charge is 2.33. The lowest BCUT2D eigenvalue weighted by molar-refractivity contribution is -0.140. The molecular weight excluding hydrogens is 585 g/mol. The van der Waals surface area contributed by atoms with Crippen molar-refractivity contribution >= 4 is 50.7 Å². The molecule has 8 nitrogen and oxygen atoms in total. The number of nitrogens with one attached hydrogen (secondary N) is 1. The lowest BCUT2D eigenvalue weighted by atomic mass is 10.0. The molecular formula is C30H35Cl2N3O5S. The van der Waals surface area contributed by atoms with Crippen LogP contribution in [0.5, 0.6) is 5.75 Å². The van der Waals surface area contributed by atoms with Crippen LogP contribution in [0, 0.1) is 5.92 Å². The van der Waals surface area contributed by atoms with E-state index in [-0.39, 0.29) is 40.5 Å². The Balaban J connectivity index is 2.09. The van der Waals surface area contributed by atoms with Gasteiger partial charge in [-0.15, -0.1) is 0 Å². The smallest absolute Gasteiger partial charge is 0.244 e. The van der Waals surface area contributed by atoms with Crippen LogP contribution in [-0.4, -0.2) is 57.6 Å². The fourth-order valence-electron chi connectivity index (χ4n) is 4.22. The Morgan fingerprint density at radius 2 is 1.63 bits per heavy atom. The predicted molar refractivity (Wildman–Crippen MR) is 164 cm³/mol. The normalized spacial score (nSPS) is 12.1. The van der Waals surface area contributed by atoms with E-state index in [4.69, 9.17) is 27.9 Å². The maximum Gasteiger partial charge on any atom is 0.244 e. The largest absolute Gasteiger partial charge is 0.497 e. The van der Waals surface area contributed by atoms with E-state index in [1.54, 1.807) is 18.2 Å². The standard InChI is InChI=1S/C30H35Cl2N3O5S/c1-21(2)18-33-30(37)28(16-22-9-6-5-7-10-22)34(19-23-11-8-12-25(15-23)40-3)29(36)20-35(41(4,38)39)27-17-24(31)13-14-26(27)32/h5-15,17,21,28H,16,18-20H2,1-4H3,(H,33,37)/t28-/m1/s1. The summed E-state index contributed by atoms with van der Waals surface area (Å²) in [5, 5.41) is 3.32. The van der Waals surface area contributed by atoms with Crippen molar-refractivity contribution in [1.29, 1.82) is 0 Å². The summed E-state index contributed by atoms with van der Waals surface area (Å²) in [6.45, 7) is 3.81. The van der Waals surface area contributed by atoms with Crippen molar-refractivity contribution in [2.75, 3.05) is 30.8 Å². The quantitative estimate of drug-likeness (QED) is 0.284. The van der Waals surface area contributed by atoms with E-state index in [1.807, 2.05) is 50.2 Å². The summed E-state index contributed by atoms with van der Waals surface area (Å²) < 4.78 is 32.1. The van der Waals surface area contributed by atoms with E-state index in [2.05, 4.69) is 5.32 Å². The van der Waals surface area contributed by atoms with E-state index in [0.29, 0.717) is 17.9 Å². The van der Waals surface area contributed by atoms with Crippen molar-refractivity contribution in [3.05, 3.63) is 94.0 Å². The molecule has 1 atom stereocenters. The summed E-state index contributed by atoms with van der Waals surface area (Å²) in [6, 6.07) is 19.9. The van der Waals surface area contributed by atoms with Gasteiger partial charge in [-0.2, -0.15) is 0 Å². The molecule has 1 N–H and O–H groups in total. The molecule has 41 heavy (non-hydrogen) atoms. The van der Waals surface area contributed by atoms with Crippen molar-refractivity contribution < 1.29 is 22.7 Å². The summed E-state index contributed by atoms with van der Waals surface area (Å²) in [7, 11) is -2.43. The molecule has 2 amide bonds. The van der Waals surface area contributed by atoms with E-state index in [1.165, 1.54) is 30.2 Å². The first-order chi connectivity index (χ1) is 19.4. The van der Waals surface area contributed by atoms with Crippen molar-refractivity contribution in [3.8, 4) is 5.75 Å². The Bertz CT molecular complexity index is 1450. The first kappa shape index (κ1) is 32.2. The molecule has 220 valence electrons. The van der Waals surface area contributed by atoms with Crippen LogP contribution in [0.3, 0.4) is 0 Å². The number of nitrogens with zero attached hydrogens (tertiary/aromatic N) is 2. The highest BCUT2D eigenvalue weighted by atomic mass is 35.5. The average molecular weight is 621 g/mol. The first-order valence-electron chi connectivity index (χ1n) is 13.1. The molecule has 0 aliphatic carbocycles. The van der Waals surface area contributed by atoms with Gasteiger partial charge in [0.2, 0.25) is 21.8 Å². The van der Waals surface area contributed by atoms with Gasteiger partial charge in [-0.3, -0.25) is 13.9 Å². The molecule has 0 saturated carbocycles. The van der Waals surface area contributed by atoms with Gasteiger partial charge in [0.15, 0.2) is 0 Å². The van der Waals surface area contributed by atoms with Gasteiger partial charge in [-0.25, -0.2) is 8.42 Å². The number of benzene rings is 3. The maximum atomic E-state index is 14.1. The number of halogens is 2. The molecule has 3 rings (SSSR count). The number of carbonyl (C=O) groups is 2. The summed E-state index contributed by atoms with van der Waals surface area (Å²) in [4.78, 5) is 29.2. The number of anilines is 1. The van der Waals surface area contributed by atoms with Crippen molar-refractivity contribution in [2.24, 2.45) is 5.92 Å². The minimum Gasteiger partial charge on any atom is -0.497 e. The Morgan fingerprint density at radius 3 is 2.27 bits per heavy atom. The van der Waals surface area contributed by atoms with Crippen LogP contribution in [0.25, 0.3) is 0 Å². The minimum absolute atomic E-state index is 0.0313. The molecule has 0 aliphatic heterocycles. The third-order valence-corrected chi connectivity index (χ3v) is 7.98. The molecule has 11 heteroatoms. The van der Waals surface area contributed by atoms with Crippen LogP contribution in [0.2, 0.25) is 10.0 Å². The molecule has 3 aromatic carbocycles. The summed E-state index contributed by atoms with van der Waals surface area (Å²) >= 11 is 12.5. The van der Waals surface area contributed by atoms with Gasteiger partial charge in [0.05, 0.1) is 24.1 Å². The highest BCUT2D eigenvalue weighted by molar-refractivity contribution is 7.92. The van der Waals surface area contributed by atoms with Crippen LogP contribution in [0.1, 0.15) is 25.0 Å². The second-order valence-corrected chi connectivity index (χ2v) is 12.8. The zero-order valence-electron chi connectivity index (χ0n) is 23.5. The highest BCUT2D eigenvalue weighted by Crippen LogP contribution is 2.31. The molecule has 3 aromatic rings. The van der Waals surface area contributed by atoms with Gasteiger partial charge < -0.3 is 15.0 Å². The van der Waals surface area contributed by atoms with Gasteiger partial charge in [-0.05, 0) is 47.4 Å². The SMILES string of the molecule is COc1cccc(CN(C(=O)CN(c2cc(Cl)ccc2Cl)S(C)(=O)=O)[C@H](Cc2ccccc2)C(=O)NCC(C)C)c1. The number of hydrogen-bond acceptors (Lipinski definition) is 5. The van der Waals surface area contributed by atoms with E-state index >= 15 is 0 Å². The fraction of sp³-hybridized carbons (Fsp3) is 0.333. The molecule has 0 spiro atoms. The molecule has 0 fully saturated rings. The molecule has 0 bridgehead atoms. The molecule has 0 unspecified atom stereocenters. The molecule has 0 radical (unpaired) electrons. The Labute approximate surface area is 252 Å². The number of methoxy groups -OCH3 is 1. The number of carbonyl (C=O) groups excluding carboxylic acids is 2. The van der Waals surface area contributed by atoms with E-state index in [9.17, 15) is 18.0 Å². The molecule has 0 aromatic heterocycles. The van der Waals surface area contributed by atoms with Gasteiger partial charge in [0, 0.05) is 24.5 Å². The van der Waals surface area contributed by atoms with Crippen LogP contribution >= 0.6 is 23.2 Å². The molecule has 0 saturated heterocycles. The second kappa shape index (κ2) is 14.6. The van der Waals surface area contributed by atoms with Crippen molar-refractivity contribution in [1.82, 2.24) is 10.2 Å². The lowest BCUT2D eigenvalue weighted by Crippen LogP contribution is -2.53. The van der Waals surface area contributed by atoms with Crippen LogP contribution in [0.15, 0.2) is 72.8 Å². The minimum atomic E-state index is -3.97. The predicted octanol–water partition coefficient (Wildman–Crippen LogP) is 5.18. The van der Waals surface area contributed by atoms with E-state index in [0.717, 1.165) is 16.1 Å². The van der Waals surface area contributed by atoms with Gasteiger partial charge in [0.25, 0.3) is 0 Å². The third kappa shape index (κ3) is 9.38. The van der Waals surface area contributed by atoms with Crippen LogP contribution in [-0.2, 0) is 32.6 Å². The lowest BCUT2D eigenvalue weighted by Gasteiger charge is -2.34. The first-order valence-corrected chi connectivity index (χ1v) is 15.7. The number of sulfonamides is 1.